The molecule has 0 aliphatic carbocycles. The van der Waals surface area contributed by atoms with Crippen LogP contribution in [0.2, 0.25) is 0 Å². The standard InChI is InChI=1S/C18H14O2/c1-13-7-9-15(10-8-13)17-12-16(18(19)20-17)11-14-5-3-2-4-6-14/h2-12H,1H3. The van der Waals surface area contributed by atoms with Crippen molar-refractivity contribution < 1.29 is 9.53 Å². The van der Waals surface area contributed by atoms with Crippen LogP contribution in [-0.4, -0.2) is 5.97 Å². The lowest BCUT2D eigenvalue weighted by Crippen LogP contribution is -1.97. The third-order valence-corrected chi connectivity index (χ3v) is 3.18. The van der Waals surface area contributed by atoms with E-state index in [2.05, 4.69) is 0 Å². The van der Waals surface area contributed by atoms with Crippen molar-refractivity contribution in [3.63, 3.8) is 0 Å². The molecule has 0 saturated carbocycles. The summed E-state index contributed by atoms with van der Waals surface area (Å²) < 4.78 is 5.33. The smallest absolute Gasteiger partial charge is 0.343 e. The van der Waals surface area contributed by atoms with E-state index in [4.69, 9.17) is 4.74 Å². The molecule has 0 unspecified atom stereocenters. The quantitative estimate of drug-likeness (QED) is 0.604. The molecule has 0 amide bonds. The van der Waals surface area contributed by atoms with Crippen LogP contribution in [0.3, 0.4) is 0 Å². The lowest BCUT2D eigenvalue weighted by Gasteiger charge is -2.01. The number of carbonyl (C=O) groups is 1. The Hall–Kier alpha value is -2.61. The summed E-state index contributed by atoms with van der Waals surface area (Å²) in [6.45, 7) is 2.03. The van der Waals surface area contributed by atoms with Gasteiger partial charge in [0.05, 0.1) is 5.57 Å². The van der Waals surface area contributed by atoms with E-state index in [0.29, 0.717) is 11.3 Å². The molecule has 0 aromatic heterocycles. The lowest BCUT2D eigenvalue weighted by atomic mass is 10.1. The largest absolute Gasteiger partial charge is 0.422 e. The molecule has 1 heterocycles. The fourth-order valence-corrected chi connectivity index (χ4v) is 2.08. The van der Waals surface area contributed by atoms with E-state index in [9.17, 15) is 4.79 Å². The maximum atomic E-state index is 11.9. The molecule has 0 radical (unpaired) electrons. The second-order valence-corrected chi connectivity index (χ2v) is 4.77. The van der Waals surface area contributed by atoms with E-state index in [1.165, 1.54) is 5.56 Å². The summed E-state index contributed by atoms with van der Waals surface area (Å²) in [6.07, 6.45) is 3.63. The number of esters is 1. The Balaban J connectivity index is 1.93. The third kappa shape index (κ3) is 2.54. The molecule has 2 nitrogen and oxygen atoms in total. The van der Waals surface area contributed by atoms with E-state index in [1.54, 1.807) is 6.08 Å². The van der Waals surface area contributed by atoms with E-state index in [1.807, 2.05) is 67.6 Å². The Morgan fingerprint density at radius 1 is 0.950 bits per heavy atom. The van der Waals surface area contributed by atoms with Crippen LogP contribution in [0.15, 0.2) is 66.2 Å². The van der Waals surface area contributed by atoms with Crippen molar-refractivity contribution in [1.29, 1.82) is 0 Å². The first-order valence-electron chi connectivity index (χ1n) is 6.50. The fraction of sp³-hybridized carbons (Fsp3) is 0.0556. The van der Waals surface area contributed by atoms with Crippen molar-refractivity contribution in [2.24, 2.45) is 0 Å². The topological polar surface area (TPSA) is 26.3 Å². The van der Waals surface area contributed by atoms with Gasteiger partial charge in [-0.3, -0.25) is 0 Å². The fourth-order valence-electron chi connectivity index (χ4n) is 2.08. The molecule has 0 fully saturated rings. The SMILES string of the molecule is Cc1ccc(C2=CC(=Cc3ccccc3)C(=O)O2)cc1. The van der Waals surface area contributed by atoms with Gasteiger partial charge in [-0.25, -0.2) is 4.79 Å². The van der Waals surface area contributed by atoms with Crippen LogP contribution < -0.4 is 0 Å². The van der Waals surface area contributed by atoms with Gasteiger partial charge in [-0.05, 0) is 24.6 Å². The first-order chi connectivity index (χ1) is 9.72. The summed E-state index contributed by atoms with van der Waals surface area (Å²) in [5.41, 5.74) is 3.66. The van der Waals surface area contributed by atoms with Crippen molar-refractivity contribution in [2.45, 2.75) is 6.92 Å². The van der Waals surface area contributed by atoms with Crippen molar-refractivity contribution in [1.82, 2.24) is 0 Å². The van der Waals surface area contributed by atoms with Crippen LogP contribution in [0.5, 0.6) is 0 Å². The predicted octanol–water partition coefficient (Wildman–Crippen LogP) is 3.98. The second-order valence-electron chi connectivity index (χ2n) is 4.77. The van der Waals surface area contributed by atoms with Crippen LogP contribution in [0.1, 0.15) is 16.7 Å². The van der Waals surface area contributed by atoms with Gasteiger partial charge in [-0.15, -0.1) is 0 Å². The molecule has 1 aliphatic heterocycles. The molecule has 1 aliphatic rings. The molecule has 98 valence electrons. The van der Waals surface area contributed by atoms with Crippen molar-refractivity contribution in [3.8, 4) is 0 Å². The predicted molar refractivity (Wildman–Crippen MR) is 79.7 cm³/mol. The summed E-state index contributed by atoms with van der Waals surface area (Å²) in [4.78, 5) is 11.9. The van der Waals surface area contributed by atoms with Gasteiger partial charge in [0, 0.05) is 5.56 Å². The Bertz CT molecular complexity index is 692. The first kappa shape index (κ1) is 12.4. The Morgan fingerprint density at radius 3 is 2.35 bits per heavy atom. The highest BCUT2D eigenvalue weighted by Gasteiger charge is 2.21. The molecule has 0 saturated heterocycles. The van der Waals surface area contributed by atoms with Gasteiger partial charge >= 0.3 is 5.97 Å². The summed E-state index contributed by atoms with van der Waals surface area (Å²) in [5, 5.41) is 0. The second kappa shape index (κ2) is 5.17. The van der Waals surface area contributed by atoms with Gasteiger partial charge in [0.2, 0.25) is 0 Å². The number of rotatable bonds is 2. The zero-order valence-electron chi connectivity index (χ0n) is 11.2. The minimum atomic E-state index is -0.301. The highest BCUT2D eigenvalue weighted by Crippen LogP contribution is 2.27. The number of ether oxygens (including phenoxy) is 1. The summed E-state index contributed by atoms with van der Waals surface area (Å²) in [5.74, 6) is 0.307. The molecular weight excluding hydrogens is 248 g/mol. The summed E-state index contributed by atoms with van der Waals surface area (Å²) in [6, 6.07) is 17.7. The third-order valence-electron chi connectivity index (χ3n) is 3.18. The number of aryl methyl sites for hydroxylation is 1. The molecular formula is C18H14O2. The number of hydrogen-bond acceptors (Lipinski definition) is 2. The highest BCUT2D eigenvalue weighted by atomic mass is 16.5. The number of benzene rings is 2. The van der Waals surface area contributed by atoms with Crippen molar-refractivity contribution in [3.05, 3.63) is 82.9 Å². The Morgan fingerprint density at radius 2 is 1.65 bits per heavy atom. The zero-order valence-corrected chi connectivity index (χ0v) is 11.2. The van der Waals surface area contributed by atoms with Gasteiger partial charge in [0.15, 0.2) is 0 Å². The van der Waals surface area contributed by atoms with Crippen LogP contribution in [0.4, 0.5) is 0 Å². The molecule has 2 aromatic rings. The van der Waals surface area contributed by atoms with Gasteiger partial charge in [0.25, 0.3) is 0 Å². The maximum Gasteiger partial charge on any atom is 0.343 e. The van der Waals surface area contributed by atoms with Gasteiger partial charge in [-0.2, -0.15) is 0 Å². The summed E-state index contributed by atoms with van der Waals surface area (Å²) in [7, 11) is 0. The molecule has 2 heteroatoms. The lowest BCUT2D eigenvalue weighted by molar-refractivity contribution is -0.130. The normalized spacial score (nSPS) is 16.1. The van der Waals surface area contributed by atoms with E-state index in [-0.39, 0.29) is 5.97 Å². The number of cyclic esters (lactones) is 1. The molecule has 0 N–H and O–H groups in total. The molecule has 0 atom stereocenters. The number of carbonyl (C=O) groups excluding carboxylic acids is 1. The maximum absolute atomic E-state index is 11.9. The van der Waals surface area contributed by atoms with E-state index >= 15 is 0 Å². The van der Waals surface area contributed by atoms with E-state index in [0.717, 1.165) is 11.1 Å². The van der Waals surface area contributed by atoms with E-state index < -0.39 is 0 Å². The van der Waals surface area contributed by atoms with Crippen LogP contribution >= 0.6 is 0 Å². The zero-order chi connectivity index (χ0) is 13.9. The first-order valence-corrected chi connectivity index (χ1v) is 6.50. The minimum absolute atomic E-state index is 0.301. The highest BCUT2D eigenvalue weighted by molar-refractivity contribution is 6.05. The molecule has 2 aromatic carbocycles. The van der Waals surface area contributed by atoms with Gasteiger partial charge in [-0.1, -0.05) is 60.2 Å². The molecule has 0 bridgehead atoms. The average Bonchev–Trinajstić information content (AvgIpc) is 2.82. The monoisotopic (exact) mass is 262 g/mol. The van der Waals surface area contributed by atoms with Gasteiger partial charge in [0.1, 0.15) is 5.76 Å². The average molecular weight is 262 g/mol. The number of hydrogen-bond donors (Lipinski definition) is 0. The Kier molecular flexibility index (Phi) is 3.21. The minimum Gasteiger partial charge on any atom is -0.422 e. The van der Waals surface area contributed by atoms with Crippen molar-refractivity contribution >= 4 is 17.8 Å². The van der Waals surface area contributed by atoms with Crippen LogP contribution in [-0.2, 0) is 9.53 Å². The Labute approximate surface area is 118 Å². The van der Waals surface area contributed by atoms with Crippen molar-refractivity contribution in [2.75, 3.05) is 0 Å². The molecule has 20 heavy (non-hydrogen) atoms. The van der Waals surface area contributed by atoms with Gasteiger partial charge < -0.3 is 4.74 Å². The van der Waals surface area contributed by atoms with Crippen LogP contribution in [0.25, 0.3) is 11.8 Å². The summed E-state index contributed by atoms with van der Waals surface area (Å²) >= 11 is 0. The molecule has 0 spiro atoms. The molecule has 3 rings (SSSR count). The van der Waals surface area contributed by atoms with Crippen LogP contribution in [0, 0.1) is 6.92 Å².